The molecular weight excluding hydrogens is 244 g/mol. The molecule has 0 aromatic carbocycles. The highest BCUT2D eigenvalue weighted by Crippen LogP contribution is 2.13. The van der Waals surface area contributed by atoms with Gasteiger partial charge in [-0.25, -0.2) is 0 Å². The van der Waals surface area contributed by atoms with Gasteiger partial charge < -0.3 is 10.8 Å². The molecule has 3 N–H and O–H groups in total. The number of carboxylic acid groups (broad SMARTS) is 1. The largest absolute Gasteiger partial charge is 0.481 e. The second kappa shape index (κ2) is 11.4. The first-order valence-electron chi connectivity index (χ1n) is 5.15. The van der Waals surface area contributed by atoms with Gasteiger partial charge in [-0.1, -0.05) is 13.8 Å². The lowest BCUT2D eigenvalue weighted by Gasteiger charge is -2.09. The van der Waals surface area contributed by atoms with Crippen LogP contribution in [0.2, 0.25) is 0 Å². The first-order chi connectivity index (χ1) is 7.84. The zero-order valence-corrected chi connectivity index (χ0v) is 11.1. The van der Waals surface area contributed by atoms with Crippen molar-refractivity contribution in [3.63, 3.8) is 0 Å². The van der Waals surface area contributed by atoms with Crippen LogP contribution in [0.4, 0.5) is 0 Å². The Morgan fingerprint density at radius 3 is 2.35 bits per heavy atom. The minimum atomic E-state index is -0.735. The number of carboxylic acids is 1. The third-order valence-electron chi connectivity index (χ3n) is 1.66. The Bertz CT molecular complexity index is 259. The lowest BCUT2D eigenvalue weighted by molar-refractivity contribution is -0.402. The molecule has 17 heavy (non-hydrogen) atoms. The fraction of sp³-hybridized carbons (Fsp3) is 0.700. The normalized spacial score (nSPS) is 13.6. The molecule has 0 aliphatic carbocycles. The number of rotatable bonds is 6. The third kappa shape index (κ3) is 14.9. The number of thioether (sulfide) groups is 1. The lowest BCUT2D eigenvalue weighted by atomic mass is 10.2. The molecule has 0 saturated heterocycles. The molecule has 0 fully saturated rings. The number of hydrogen-bond donors (Lipinski definition) is 2. The minimum absolute atomic E-state index is 0.269. The van der Waals surface area contributed by atoms with Gasteiger partial charge >= 0.3 is 5.97 Å². The Morgan fingerprint density at radius 2 is 2.12 bits per heavy atom. The molecule has 0 aliphatic heterocycles. The van der Waals surface area contributed by atoms with Crippen molar-refractivity contribution in [2.75, 3.05) is 12.3 Å². The quantitative estimate of drug-likeness (QED) is 0.557. The maximum absolute atomic E-state index is 10.4. The molecule has 0 rings (SSSR count). The van der Waals surface area contributed by atoms with E-state index in [2.05, 4.69) is 0 Å². The third-order valence-corrected chi connectivity index (χ3v) is 3.11. The van der Waals surface area contributed by atoms with E-state index in [0.29, 0.717) is 17.5 Å². The maximum Gasteiger partial charge on any atom is 0.307 e. The van der Waals surface area contributed by atoms with Crippen molar-refractivity contribution >= 4 is 17.7 Å². The van der Waals surface area contributed by atoms with Crippen LogP contribution in [-0.4, -0.2) is 33.5 Å². The fourth-order valence-electron chi connectivity index (χ4n) is 0.570. The van der Waals surface area contributed by atoms with Gasteiger partial charge in [0.1, 0.15) is 0 Å². The van der Waals surface area contributed by atoms with Gasteiger partial charge in [-0.15, -0.1) is 0 Å². The van der Waals surface area contributed by atoms with E-state index in [4.69, 9.17) is 10.8 Å². The van der Waals surface area contributed by atoms with E-state index in [1.165, 1.54) is 6.08 Å². The predicted octanol–water partition coefficient (Wildman–Crippen LogP) is 1.58. The maximum atomic E-state index is 10.4. The second-order valence-electron chi connectivity index (χ2n) is 3.39. The molecule has 0 radical (unpaired) electrons. The summed E-state index contributed by atoms with van der Waals surface area (Å²) in [4.78, 5) is 19.2. The van der Waals surface area contributed by atoms with Crippen molar-refractivity contribution in [1.29, 1.82) is 0 Å². The lowest BCUT2D eigenvalue weighted by Crippen LogP contribution is -2.17. The summed E-state index contributed by atoms with van der Waals surface area (Å²) in [5.74, 6) is -0.357. The summed E-state index contributed by atoms with van der Waals surface area (Å²) in [5, 5.41) is 18.2. The van der Waals surface area contributed by atoms with Gasteiger partial charge in [0.2, 0.25) is 6.20 Å². The summed E-state index contributed by atoms with van der Waals surface area (Å²) in [6.07, 6.45) is 2.26. The van der Waals surface area contributed by atoms with Crippen molar-refractivity contribution in [1.82, 2.24) is 0 Å². The van der Waals surface area contributed by atoms with Gasteiger partial charge in [0, 0.05) is 17.5 Å². The van der Waals surface area contributed by atoms with Crippen LogP contribution < -0.4 is 5.73 Å². The van der Waals surface area contributed by atoms with E-state index in [1.807, 2.05) is 6.92 Å². The van der Waals surface area contributed by atoms with E-state index in [0.717, 1.165) is 6.20 Å². The van der Waals surface area contributed by atoms with Gasteiger partial charge in [0.25, 0.3) is 0 Å². The van der Waals surface area contributed by atoms with Gasteiger partial charge in [0.05, 0.1) is 10.8 Å². The number of hydrogen-bond acceptors (Lipinski definition) is 5. The van der Waals surface area contributed by atoms with Crippen LogP contribution in [0.15, 0.2) is 12.3 Å². The average Bonchev–Trinajstić information content (AvgIpc) is 2.25. The molecule has 0 bridgehead atoms. The zero-order valence-electron chi connectivity index (χ0n) is 10.3. The highest BCUT2D eigenvalue weighted by Gasteiger charge is 2.11. The fourth-order valence-corrected chi connectivity index (χ4v) is 1.47. The Hall–Kier alpha value is -1.08. The Morgan fingerprint density at radius 1 is 1.59 bits per heavy atom. The summed E-state index contributed by atoms with van der Waals surface area (Å²) >= 11 is 1.61. The van der Waals surface area contributed by atoms with Crippen molar-refractivity contribution in [2.24, 2.45) is 11.7 Å². The summed E-state index contributed by atoms with van der Waals surface area (Å²) in [6, 6.07) is 0. The van der Waals surface area contributed by atoms with Gasteiger partial charge in [-0.2, -0.15) is 11.8 Å². The summed E-state index contributed by atoms with van der Waals surface area (Å²) < 4.78 is 0. The molecule has 2 unspecified atom stereocenters. The highest BCUT2D eigenvalue weighted by atomic mass is 32.2. The monoisotopic (exact) mass is 264 g/mol. The highest BCUT2D eigenvalue weighted by molar-refractivity contribution is 7.99. The molecule has 0 spiro atoms. The van der Waals surface area contributed by atoms with Gasteiger partial charge in [-0.3, -0.25) is 14.9 Å². The standard InChI is InChI=1S/C7H15NO2S.C3H5NO2/c1-5(7(9)10)4-11-6(2)3-8;1-2-3-4(5)6/h5-6H,3-4,8H2,1-2H3,(H,9,10);2-3H,1H3/b;3-2+. The first-order valence-corrected chi connectivity index (χ1v) is 6.20. The van der Waals surface area contributed by atoms with Crippen LogP contribution in [0, 0.1) is 16.0 Å². The van der Waals surface area contributed by atoms with E-state index in [1.54, 1.807) is 25.6 Å². The predicted molar refractivity (Wildman–Crippen MR) is 69.6 cm³/mol. The van der Waals surface area contributed by atoms with Crippen molar-refractivity contribution in [2.45, 2.75) is 26.0 Å². The molecule has 0 saturated carbocycles. The summed E-state index contributed by atoms with van der Waals surface area (Å²) in [5.41, 5.74) is 5.37. The molecule has 0 aliphatic rings. The SMILES string of the molecule is C/C=C/[N+](=O)[O-].CC(CN)SCC(C)C(=O)O. The van der Waals surface area contributed by atoms with Crippen LogP contribution in [0.5, 0.6) is 0 Å². The van der Waals surface area contributed by atoms with E-state index < -0.39 is 10.9 Å². The first kappa shape index (κ1) is 18.3. The number of carbonyl (C=O) groups is 1. The van der Waals surface area contributed by atoms with E-state index in [-0.39, 0.29) is 5.92 Å². The second-order valence-corrected chi connectivity index (χ2v) is 4.86. The Labute approximate surface area is 105 Å². The molecule has 100 valence electrons. The molecule has 0 amide bonds. The Balaban J connectivity index is 0. The zero-order chi connectivity index (χ0) is 13.8. The van der Waals surface area contributed by atoms with Gasteiger partial charge in [-0.05, 0) is 13.0 Å². The van der Waals surface area contributed by atoms with Crippen LogP contribution in [0.1, 0.15) is 20.8 Å². The summed E-state index contributed by atoms with van der Waals surface area (Å²) in [7, 11) is 0. The molecule has 0 aromatic heterocycles. The molecular formula is C10H20N2O4S. The average molecular weight is 264 g/mol. The van der Waals surface area contributed by atoms with Crippen LogP contribution in [0.25, 0.3) is 0 Å². The number of aliphatic carboxylic acids is 1. The topological polar surface area (TPSA) is 106 Å². The van der Waals surface area contributed by atoms with Crippen LogP contribution in [0.3, 0.4) is 0 Å². The molecule has 0 aromatic rings. The summed E-state index contributed by atoms with van der Waals surface area (Å²) in [6.45, 7) is 5.91. The molecule has 0 heterocycles. The van der Waals surface area contributed by atoms with Crippen molar-refractivity contribution in [3.8, 4) is 0 Å². The molecule has 6 nitrogen and oxygen atoms in total. The molecule has 7 heteroatoms. The molecule has 2 atom stereocenters. The number of nitrogens with zero attached hydrogens (tertiary/aromatic N) is 1. The van der Waals surface area contributed by atoms with Crippen molar-refractivity contribution < 1.29 is 14.8 Å². The Kier molecular flexibility index (Phi) is 12.3. The minimum Gasteiger partial charge on any atom is -0.481 e. The van der Waals surface area contributed by atoms with Crippen LogP contribution >= 0.6 is 11.8 Å². The van der Waals surface area contributed by atoms with E-state index >= 15 is 0 Å². The smallest absolute Gasteiger partial charge is 0.307 e. The van der Waals surface area contributed by atoms with E-state index in [9.17, 15) is 14.9 Å². The van der Waals surface area contributed by atoms with Crippen LogP contribution in [-0.2, 0) is 4.79 Å². The number of nitro groups is 1. The van der Waals surface area contributed by atoms with Gasteiger partial charge in [0.15, 0.2) is 0 Å². The number of allylic oxidation sites excluding steroid dienone is 1. The number of nitrogens with two attached hydrogens (primary N) is 1. The van der Waals surface area contributed by atoms with Crippen molar-refractivity contribution in [3.05, 3.63) is 22.4 Å².